The van der Waals surface area contributed by atoms with Crippen LogP contribution in [0.5, 0.6) is 0 Å². The fourth-order valence-corrected chi connectivity index (χ4v) is 3.31. The van der Waals surface area contributed by atoms with E-state index in [4.69, 9.17) is 4.74 Å². The van der Waals surface area contributed by atoms with Gasteiger partial charge < -0.3 is 9.64 Å². The molecule has 1 aromatic heterocycles. The first kappa shape index (κ1) is 15.3. The second-order valence-electron chi connectivity index (χ2n) is 5.81. The smallest absolute Gasteiger partial charge is 0.359 e. The van der Waals surface area contributed by atoms with E-state index in [2.05, 4.69) is 4.98 Å². The van der Waals surface area contributed by atoms with E-state index < -0.39 is 11.7 Å². The summed E-state index contributed by atoms with van der Waals surface area (Å²) >= 11 is 1.41. The molecule has 0 bridgehead atoms. The van der Waals surface area contributed by atoms with Crippen LogP contribution in [0.3, 0.4) is 0 Å². The number of hydrogen-bond donors (Lipinski definition) is 0. The zero-order valence-corrected chi connectivity index (χ0v) is 13.0. The molecule has 0 spiro atoms. The summed E-state index contributed by atoms with van der Waals surface area (Å²) in [6.45, 7) is 5.14. The van der Waals surface area contributed by atoms with Crippen molar-refractivity contribution < 1.29 is 17.9 Å². The van der Waals surface area contributed by atoms with Crippen LogP contribution in [-0.4, -0.2) is 23.9 Å². The lowest BCUT2D eigenvalue weighted by Crippen LogP contribution is -2.40. The van der Waals surface area contributed by atoms with Crippen molar-refractivity contribution in [2.75, 3.05) is 18.2 Å². The number of thiazole rings is 1. The molecule has 3 rings (SSSR count). The first-order valence-electron chi connectivity index (χ1n) is 6.76. The molecule has 0 amide bonds. The van der Waals surface area contributed by atoms with Gasteiger partial charge in [0.2, 0.25) is 0 Å². The quantitative estimate of drug-likeness (QED) is 0.817. The molecule has 0 radical (unpaired) electrons. The molecule has 3 nitrogen and oxygen atoms in total. The number of aromatic nitrogens is 1. The predicted molar refractivity (Wildman–Crippen MR) is 79.9 cm³/mol. The van der Waals surface area contributed by atoms with Gasteiger partial charge in [0.1, 0.15) is 6.73 Å². The van der Waals surface area contributed by atoms with E-state index in [1.165, 1.54) is 17.4 Å². The molecule has 118 valence electrons. The number of ether oxygens (including phenoxy) is 1. The maximum Gasteiger partial charge on any atom is 0.416 e. The van der Waals surface area contributed by atoms with Crippen LogP contribution >= 0.6 is 11.3 Å². The maximum absolute atomic E-state index is 12.8. The largest absolute Gasteiger partial charge is 0.416 e. The molecular weight excluding hydrogens is 313 g/mol. The highest BCUT2D eigenvalue weighted by Gasteiger charge is 2.35. The van der Waals surface area contributed by atoms with Gasteiger partial charge in [-0.15, -0.1) is 11.3 Å². The van der Waals surface area contributed by atoms with Gasteiger partial charge in [-0.2, -0.15) is 13.2 Å². The monoisotopic (exact) mass is 328 g/mol. The summed E-state index contributed by atoms with van der Waals surface area (Å²) in [5.41, 5.74) is 0.191. The average molecular weight is 328 g/mol. The van der Waals surface area contributed by atoms with Crippen LogP contribution in [0.15, 0.2) is 29.6 Å². The van der Waals surface area contributed by atoms with Crippen molar-refractivity contribution in [3.05, 3.63) is 35.2 Å². The molecule has 1 saturated heterocycles. The van der Waals surface area contributed by atoms with Gasteiger partial charge in [0, 0.05) is 10.9 Å². The second kappa shape index (κ2) is 5.24. The number of hydrogen-bond acceptors (Lipinski definition) is 4. The minimum atomic E-state index is -4.35. The molecule has 0 unspecified atom stereocenters. The van der Waals surface area contributed by atoms with Crippen molar-refractivity contribution in [2.24, 2.45) is 0 Å². The highest BCUT2D eigenvalue weighted by Crippen LogP contribution is 2.36. The number of rotatable bonds is 2. The lowest BCUT2D eigenvalue weighted by molar-refractivity contribution is -0.137. The van der Waals surface area contributed by atoms with Gasteiger partial charge in [-0.25, -0.2) is 4.98 Å². The van der Waals surface area contributed by atoms with Crippen molar-refractivity contribution >= 4 is 16.5 Å². The maximum atomic E-state index is 12.8. The van der Waals surface area contributed by atoms with Gasteiger partial charge in [-0.3, -0.25) is 0 Å². The zero-order chi connectivity index (χ0) is 16.0. The van der Waals surface area contributed by atoms with Crippen LogP contribution in [0, 0.1) is 0 Å². The van der Waals surface area contributed by atoms with Crippen LogP contribution in [0.1, 0.15) is 19.4 Å². The standard InChI is InChI=1S/C15H15F3N2OS/c1-14(2)8-21-9-20(14)13-19-12(7-22-13)10-4-3-5-11(6-10)15(16,17)18/h3-7H,8-9H2,1-2H3. The summed E-state index contributed by atoms with van der Waals surface area (Å²) < 4.78 is 43.8. The van der Waals surface area contributed by atoms with Gasteiger partial charge in [-0.05, 0) is 26.0 Å². The molecule has 2 aromatic rings. The van der Waals surface area contributed by atoms with E-state index in [-0.39, 0.29) is 5.54 Å². The Morgan fingerprint density at radius 3 is 2.73 bits per heavy atom. The fraction of sp³-hybridized carbons (Fsp3) is 0.400. The van der Waals surface area contributed by atoms with E-state index in [1.54, 1.807) is 11.4 Å². The molecule has 1 aromatic carbocycles. The van der Waals surface area contributed by atoms with Gasteiger partial charge >= 0.3 is 6.18 Å². The van der Waals surface area contributed by atoms with Crippen molar-refractivity contribution in [3.63, 3.8) is 0 Å². The normalized spacial score (nSPS) is 18.0. The Hall–Kier alpha value is -1.60. The molecule has 0 N–H and O–H groups in total. The number of halogens is 3. The summed E-state index contributed by atoms with van der Waals surface area (Å²) in [7, 11) is 0. The lowest BCUT2D eigenvalue weighted by atomic mass is 10.1. The summed E-state index contributed by atoms with van der Waals surface area (Å²) in [4.78, 5) is 6.50. The van der Waals surface area contributed by atoms with E-state index in [0.717, 1.165) is 17.3 Å². The SMILES string of the molecule is CC1(C)COCN1c1nc(-c2cccc(C(F)(F)F)c2)cs1. The third-order valence-electron chi connectivity index (χ3n) is 3.61. The van der Waals surface area contributed by atoms with Crippen LogP contribution in [-0.2, 0) is 10.9 Å². The fourth-order valence-electron chi connectivity index (χ4n) is 2.33. The third-order valence-corrected chi connectivity index (χ3v) is 4.48. The highest BCUT2D eigenvalue weighted by molar-refractivity contribution is 7.14. The molecule has 22 heavy (non-hydrogen) atoms. The molecule has 0 aliphatic carbocycles. The summed E-state index contributed by atoms with van der Waals surface area (Å²) in [5.74, 6) is 0. The van der Waals surface area contributed by atoms with Crippen molar-refractivity contribution in [3.8, 4) is 11.3 Å². The van der Waals surface area contributed by atoms with Crippen LogP contribution < -0.4 is 4.90 Å². The average Bonchev–Trinajstić information content (AvgIpc) is 3.04. The summed E-state index contributed by atoms with van der Waals surface area (Å²) in [5, 5.41) is 2.54. The Bertz CT molecular complexity index is 681. The van der Waals surface area contributed by atoms with Crippen LogP contribution in [0.25, 0.3) is 11.3 Å². The first-order chi connectivity index (χ1) is 10.3. The molecule has 0 saturated carbocycles. The molecule has 1 aliphatic heterocycles. The summed E-state index contributed by atoms with van der Waals surface area (Å²) in [6.07, 6.45) is -4.35. The Morgan fingerprint density at radius 1 is 1.32 bits per heavy atom. The van der Waals surface area contributed by atoms with E-state index in [1.807, 2.05) is 18.7 Å². The molecule has 1 fully saturated rings. The van der Waals surface area contributed by atoms with Crippen LogP contribution in [0.2, 0.25) is 0 Å². The van der Waals surface area contributed by atoms with Gasteiger partial charge in [0.15, 0.2) is 5.13 Å². The molecule has 7 heteroatoms. The van der Waals surface area contributed by atoms with Crippen LogP contribution in [0.4, 0.5) is 18.3 Å². The number of nitrogens with zero attached hydrogens (tertiary/aromatic N) is 2. The molecule has 0 atom stereocenters. The van der Waals surface area contributed by atoms with E-state index in [9.17, 15) is 13.2 Å². The number of anilines is 1. The minimum Gasteiger partial charge on any atom is -0.359 e. The topological polar surface area (TPSA) is 25.4 Å². The molecular formula is C15H15F3N2OS. The molecule has 2 heterocycles. The van der Waals surface area contributed by atoms with Crippen molar-refractivity contribution in [2.45, 2.75) is 25.6 Å². The van der Waals surface area contributed by atoms with Crippen molar-refractivity contribution in [1.29, 1.82) is 0 Å². The first-order valence-corrected chi connectivity index (χ1v) is 7.64. The lowest BCUT2D eigenvalue weighted by Gasteiger charge is -2.28. The van der Waals surface area contributed by atoms with Crippen molar-refractivity contribution in [1.82, 2.24) is 4.98 Å². The Balaban J connectivity index is 1.91. The van der Waals surface area contributed by atoms with Gasteiger partial charge in [0.25, 0.3) is 0 Å². The molecule has 1 aliphatic rings. The Labute approximate surface area is 130 Å². The second-order valence-corrected chi connectivity index (χ2v) is 6.65. The van der Waals surface area contributed by atoms with E-state index >= 15 is 0 Å². The third kappa shape index (κ3) is 2.83. The Morgan fingerprint density at radius 2 is 2.09 bits per heavy atom. The van der Waals surface area contributed by atoms with Gasteiger partial charge in [0.05, 0.1) is 23.4 Å². The minimum absolute atomic E-state index is 0.164. The predicted octanol–water partition coefficient (Wildman–Crippen LogP) is 4.40. The number of benzene rings is 1. The Kier molecular flexibility index (Phi) is 3.65. The van der Waals surface area contributed by atoms with E-state index in [0.29, 0.717) is 24.6 Å². The highest BCUT2D eigenvalue weighted by atomic mass is 32.1. The van der Waals surface area contributed by atoms with Gasteiger partial charge in [-0.1, -0.05) is 12.1 Å². The summed E-state index contributed by atoms with van der Waals surface area (Å²) in [6, 6.07) is 5.23. The number of alkyl halides is 3. The zero-order valence-electron chi connectivity index (χ0n) is 12.1.